The Hall–Kier alpha value is -2.63. The Labute approximate surface area is 148 Å². The second-order valence-electron chi connectivity index (χ2n) is 5.68. The molecule has 0 fully saturated rings. The van der Waals surface area contributed by atoms with E-state index in [1.54, 1.807) is 18.3 Å². The van der Waals surface area contributed by atoms with Crippen molar-refractivity contribution in [2.24, 2.45) is 0 Å². The quantitative estimate of drug-likeness (QED) is 0.522. The van der Waals surface area contributed by atoms with E-state index in [-0.39, 0.29) is 11.7 Å². The summed E-state index contributed by atoms with van der Waals surface area (Å²) in [6, 6.07) is 9.16. The van der Waals surface area contributed by atoms with Crippen molar-refractivity contribution in [3.8, 4) is 5.75 Å². The standard InChI is InChI=1S/C19H25N3O3/c1-2-25-19(24)10-5-3-4-8-14-22(17-9-6-7-13-20-17)18-12-11-16(23)15-21-18/h6-7,9,11-13,15,23H,2-5,8,10,14H2,1H3. The zero-order chi connectivity index (χ0) is 17.9. The molecular formula is C19H25N3O3. The number of hydrogen-bond donors (Lipinski definition) is 1. The van der Waals surface area contributed by atoms with Crippen LogP contribution < -0.4 is 4.90 Å². The van der Waals surface area contributed by atoms with E-state index in [0.29, 0.717) is 13.0 Å². The van der Waals surface area contributed by atoms with E-state index in [1.807, 2.05) is 30.0 Å². The van der Waals surface area contributed by atoms with Crippen molar-refractivity contribution in [3.63, 3.8) is 0 Å². The summed E-state index contributed by atoms with van der Waals surface area (Å²) in [5, 5.41) is 9.43. The zero-order valence-corrected chi connectivity index (χ0v) is 14.6. The summed E-state index contributed by atoms with van der Waals surface area (Å²) in [7, 11) is 0. The number of aromatic nitrogens is 2. The van der Waals surface area contributed by atoms with Crippen molar-refractivity contribution in [1.29, 1.82) is 0 Å². The van der Waals surface area contributed by atoms with E-state index in [9.17, 15) is 9.90 Å². The Morgan fingerprint density at radius 2 is 1.88 bits per heavy atom. The van der Waals surface area contributed by atoms with Crippen LogP contribution in [0.3, 0.4) is 0 Å². The maximum atomic E-state index is 11.3. The fourth-order valence-electron chi connectivity index (χ4n) is 2.52. The molecule has 134 valence electrons. The van der Waals surface area contributed by atoms with Crippen molar-refractivity contribution in [2.75, 3.05) is 18.1 Å². The van der Waals surface area contributed by atoms with Crippen LogP contribution in [0.5, 0.6) is 5.75 Å². The van der Waals surface area contributed by atoms with E-state index in [0.717, 1.165) is 43.9 Å². The van der Waals surface area contributed by atoms with Gasteiger partial charge in [0.05, 0.1) is 12.8 Å². The molecule has 0 unspecified atom stereocenters. The molecule has 0 aliphatic rings. The molecule has 0 aliphatic carbocycles. The van der Waals surface area contributed by atoms with E-state index in [1.165, 1.54) is 6.20 Å². The lowest BCUT2D eigenvalue weighted by Gasteiger charge is -2.22. The minimum absolute atomic E-state index is 0.120. The van der Waals surface area contributed by atoms with Gasteiger partial charge in [-0.05, 0) is 44.0 Å². The number of esters is 1. The molecule has 0 saturated carbocycles. The topological polar surface area (TPSA) is 75.5 Å². The highest BCUT2D eigenvalue weighted by atomic mass is 16.5. The third-order valence-electron chi connectivity index (χ3n) is 3.75. The molecule has 2 aromatic rings. The van der Waals surface area contributed by atoms with Gasteiger partial charge in [-0.3, -0.25) is 4.79 Å². The van der Waals surface area contributed by atoms with Crippen LogP contribution in [0.1, 0.15) is 39.0 Å². The van der Waals surface area contributed by atoms with Crippen LogP contribution in [0.2, 0.25) is 0 Å². The van der Waals surface area contributed by atoms with Gasteiger partial charge < -0.3 is 14.7 Å². The normalized spacial score (nSPS) is 10.4. The third kappa shape index (κ3) is 6.41. The molecule has 0 spiro atoms. The van der Waals surface area contributed by atoms with E-state index < -0.39 is 0 Å². The summed E-state index contributed by atoms with van der Waals surface area (Å²) < 4.78 is 4.93. The van der Waals surface area contributed by atoms with Gasteiger partial charge in [-0.2, -0.15) is 0 Å². The number of carbonyl (C=O) groups is 1. The average Bonchev–Trinajstić information content (AvgIpc) is 2.63. The smallest absolute Gasteiger partial charge is 0.305 e. The Balaban J connectivity index is 1.85. The number of aromatic hydroxyl groups is 1. The minimum atomic E-state index is -0.120. The van der Waals surface area contributed by atoms with Crippen LogP contribution in [-0.4, -0.2) is 34.2 Å². The van der Waals surface area contributed by atoms with Gasteiger partial charge in [-0.1, -0.05) is 18.9 Å². The summed E-state index contributed by atoms with van der Waals surface area (Å²) in [5.74, 6) is 1.60. The third-order valence-corrected chi connectivity index (χ3v) is 3.75. The first kappa shape index (κ1) is 18.7. The maximum Gasteiger partial charge on any atom is 0.305 e. The van der Waals surface area contributed by atoms with Crippen LogP contribution in [0, 0.1) is 0 Å². The first-order valence-corrected chi connectivity index (χ1v) is 8.70. The predicted molar refractivity (Wildman–Crippen MR) is 96.9 cm³/mol. The molecule has 6 nitrogen and oxygen atoms in total. The number of nitrogens with zero attached hydrogens (tertiary/aromatic N) is 3. The van der Waals surface area contributed by atoms with Gasteiger partial charge in [0.25, 0.3) is 0 Å². The van der Waals surface area contributed by atoms with Crippen LogP contribution in [0.25, 0.3) is 0 Å². The highest BCUT2D eigenvalue weighted by molar-refractivity contribution is 5.69. The number of pyridine rings is 2. The van der Waals surface area contributed by atoms with Gasteiger partial charge in [0.15, 0.2) is 0 Å². The van der Waals surface area contributed by atoms with Gasteiger partial charge in [0, 0.05) is 19.2 Å². The van der Waals surface area contributed by atoms with Crippen LogP contribution in [0.15, 0.2) is 42.7 Å². The predicted octanol–water partition coefficient (Wildman–Crippen LogP) is 3.83. The monoisotopic (exact) mass is 343 g/mol. The molecule has 0 aliphatic heterocycles. The Kier molecular flexibility index (Phi) is 7.69. The van der Waals surface area contributed by atoms with Crippen molar-refractivity contribution < 1.29 is 14.6 Å². The average molecular weight is 343 g/mol. The second-order valence-corrected chi connectivity index (χ2v) is 5.68. The minimum Gasteiger partial charge on any atom is -0.506 e. The van der Waals surface area contributed by atoms with Gasteiger partial charge in [-0.15, -0.1) is 0 Å². The fourth-order valence-corrected chi connectivity index (χ4v) is 2.52. The molecule has 1 N–H and O–H groups in total. The molecule has 6 heteroatoms. The summed E-state index contributed by atoms with van der Waals surface area (Å²) >= 11 is 0. The number of hydrogen-bond acceptors (Lipinski definition) is 6. The van der Waals surface area contributed by atoms with E-state index >= 15 is 0 Å². The summed E-state index contributed by atoms with van der Waals surface area (Å²) in [6.07, 6.45) is 7.48. The first-order valence-electron chi connectivity index (χ1n) is 8.70. The summed E-state index contributed by atoms with van der Waals surface area (Å²) in [6.45, 7) is 3.03. The van der Waals surface area contributed by atoms with E-state index in [4.69, 9.17) is 4.74 Å². The van der Waals surface area contributed by atoms with Crippen molar-refractivity contribution >= 4 is 17.6 Å². The van der Waals surface area contributed by atoms with Crippen molar-refractivity contribution in [3.05, 3.63) is 42.7 Å². The van der Waals surface area contributed by atoms with Crippen molar-refractivity contribution in [1.82, 2.24) is 9.97 Å². The molecule has 0 radical (unpaired) electrons. The Morgan fingerprint density at radius 1 is 1.08 bits per heavy atom. The van der Waals surface area contributed by atoms with Crippen LogP contribution >= 0.6 is 0 Å². The highest BCUT2D eigenvalue weighted by Crippen LogP contribution is 2.23. The summed E-state index contributed by atoms with van der Waals surface area (Å²) in [4.78, 5) is 22.0. The number of ether oxygens (including phenoxy) is 1. The molecule has 0 bridgehead atoms. The van der Waals surface area contributed by atoms with Gasteiger partial charge >= 0.3 is 5.97 Å². The Morgan fingerprint density at radius 3 is 2.56 bits per heavy atom. The first-order chi connectivity index (χ1) is 12.2. The second kappa shape index (κ2) is 10.3. The van der Waals surface area contributed by atoms with Crippen molar-refractivity contribution in [2.45, 2.75) is 39.0 Å². The fraction of sp³-hybridized carbons (Fsp3) is 0.421. The molecule has 0 atom stereocenters. The molecule has 25 heavy (non-hydrogen) atoms. The SMILES string of the molecule is CCOC(=O)CCCCCCN(c1ccccn1)c1ccc(O)cn1. The number of carbonyl (C=O) groups excluding carboxylic acids is 1. The lowest BCUT2D eigenvalue weighted by Crippen LogP contribution is -2.20. The van der Waals surface area contributed by atoms with Gasteiger partial charge in [0.2, 0.25) is 0 Å². The lowest BCUT2D eigenvalue weighted by atomic mass is 10.1. The number of unbranched alkanes of at least 4 members (excludes halogenated alkanes) is 3. The molecule has 2 heterocycles. The molecular weight excluding hydrogens is 318 g/mol. The molecule has 0 aromatic carbocycles. The van der Waals surface area contributed by atoms with Crippen LogP contribution in [-0.2, 0) is 9.53 Å². The maximum absolute atomic E-state index is 11.3. The largest absolute Gasteiger partial charge is 0.506 e. The molecule has 0 amide bonds. The van der Waals surface area contributed by atoms with Gasteiger partial charge in [-0.25, -0.2) is 9.97 Å². The Bertz CT molecular complexity index is 632. The van der Waals surface area contributed by atoms with Crippen LogP contribution in [0.4, 0.5) is 11.6 Å². The number of rotatable bonds is 10. The molecule has 2 aromatic heterocycles. The van der Waals surface area contributed by atoms with E-state index in [2.05, 4.69) is 9.97 Å². The molecule has 2 rings (SSSR count). The molecule has 0 saturated heterocycles. The van der Waals surface area contributed by atoms with Gasteiger partial charge in [0.1, 0.15) is 17.4 Å². The zero-order valence-electron chi connectivity index (χ0n) is 14.6. The highest BCUT2D eigenvalue weighted by Gasteiger charge is 2.11. The lowest BCUT2D eigenvalue weighted by molar-refractivity contribution is -0.143. The number of anilines is 2. The summed E-state index contributed by atoms with van der Waals surface area (Å²) in [5.41, 5.74) is 0.